The summed E-state index contributed by atoms with van der Waals surface area (Å²) in [7, 11) is -2.65. The number of anilines is 2. The first-order valence-corrected chi connectivity index (χ1v) is 12.0. The highest BCUT2D eigenvalue weighted by atomic mass is 32.2. The molecule has 0 aromatic heterocycles. The Hall–Kier alpha value is -3.85. The molecule has 1 amide bonds. The molecular formula is C25H24N2O6S. The predicted octanol–water partition coefficient (Wildman–Crippen LogP) is 3.69. The maximum absolute atomic E-state index is 13.5. The number of esters is 1. The Bertz CT molecular complexity index is 1330. The summed E-state index contributed by atoms with van der Waals surface area (Å²) in [5.41, 5.74) is 2.95. The molecule has 176 valence electrons. The van der Waals surface area contributed by atoms with Gasteiger partial charge in [-0.1, -0.05) is 23.8 Å². The summed E-state index contributed by atoms with van der Waals surface area (Å²) in [5, 5.41) is 2.72. The van der Waals surface area contributed by atoms with Crippen molar-refractivity contribution in [1.82, 2.24) is 0 Å². The molecule has 0 saturated carbocycles. The summed E-state index contributed by atoms with van der Waals surface area (Å²) in [4.78, 5) is 24.8. The molecule has 1 atom stereocenters. The quantitative estimate of drug-likeness (QED) is 0.559. The van der Waals surface area contributed by atoms with Crippen LogP contribution >= 0.6 is 0 Å². The summed E-state index contributed by atoms with van der Waals surface area (Å²) < 4.78 is 38.8. The molecule has 0 spiro atoms. The Morgan fingerprint density at radius 3 is 2.26 bits per heavy atom. The monoisotopic (exact) mass is 480 g/mol. The number of hydrogen-bond donors (Lipinski definition) is 1. The number of sulfonamides is 1. The molecule has 34 heavy (non-hydrogen) atoms. The lowest BCUT2D eigenvalue weighted by Gasteiger charge is -2.35. The van der Waals surface area contributed by atoms with E-state index in [-0.39, 0.29) is 11.4 Å². The summed E-state index contributed by atoms with van der Waals surface area (Å²) in [6.07, 6.45) is -1.09. The van der Waals surface area contributed by atoms with Gasteiger partial charge in [0.2, 0.25) is 0 Å². The second kappa shape index (κ2) is 9.18. The van der Waals surface area contributed by atoms with Crippen LogP contribution in [0.4, 0.5) is 11.4 Å². The molecule has 9 heteroatoms. The summed E-state index contributed by atoms with van der Waals surface area (Å²) in [5.74, 6) is -0.692. The van der Waals surface area contributed by atoms with E-state index in [9.17, 15) is 18.0 Å². The number of methoxy groups -OCH3 is 1. The van der Waals surface area contributed by atoms with Gasteiger partial charge < -0.3 is 14.8 Å². The number of hydrogen-bond acceptors (Lipinski definition) is 6. The standard InChI is InChI=1S/C25H24N2O6S/c1-16-4-11-20(12-5-16)34(30,31)27-15-23(33-22-14-17(2)6-13-21(22)27)24(28)26-19-9-7-18(8-10-19)25(29)32-3/h4-14,23H,15H2,1-3H3,(H,26,28). The van der Waals surface area contributed by atoms with E-state index in [1.165, 1.54) is 23.5 Å². The molecule has 0 aliphatic carbocycles. The van der Waals surface area contributed by atoms with Crippen LogP contribution < -0.4 is 14.4 Å². The first kappa shape index (κ1) is 23.3. The van der Waals surface area contributed by atoms with E-state index in [1.54, 1.807) is 54.6 Å². The fourth-order valence-electron chi connectivity index (χ4n) is 3.59. The number of benzene rings is 3. The lowest BCUT2D eigenvalue weighted by atomic mass is 10.1. The minimum absolute atomic E-state index is 0.129. The van der Waals surface area contributed by atoms with Crippen molar-refractivity contribution in [3.05, 3.63) is 83.4 Å². The molecule has 8 nitrogen and oxygen atoms in total. The van der Waals surface area contributed by atoms with Gasteiger partial charge in [-0.25, -0.2) is 13.2 Å². The number of fused-ring (bicyclic) bond motifs is 1. The zero-order valence-corrected chi connectivity index (χ0v) is 19.8. The van der Waals surface area contributed by atoms with Crippen LogP contribution in [0, 0.1) is 13.8 Å². The van der Waals surface area contributed by atoms with Gasteiger partial charge in [0.1, 0.15) is 5.75 Å². The van der Waals surface area contributed by atoms with Gasteiger partial charge in [0.15, 0.2) is 6.10 Å². The van der Waals surface area contributed by atoms with Gasteiger partial charge in [-0.05, 0) is 67.9 Å². The number of nitrogens with one attached hydrogen (secondary N) is 1. The Morgan fingerprint density at radius 2 is 1.62 bits per heavy atom. The average molecular weight is 481 g/mol. The number of nitrogens with zero attached hydrogens (tertiary/aromatic N) is 1. The Balaban J connectivity index is 1.63. The van der Waals surface area contributed by atoms with Crippen LogP contribution in [0.15, 0.2) is 71.6 Å². The largest absolute Gasteiger partial charge is 0.476 e. The third-order valence-corrected chi connectivity index (χ3v) is 7.25. The van der Waals surface area contributed by atoms with Crippen LogP contribution in [0.2, 0.25) is 0 Å². The van der Waals surface area contributed by atoms with Crippen molar-refractivity contribution in [2.24, 2.45) is 0 Å². The van der Waals surface area contributed by atoms with Gasteiger partial charge in [-0.15, -0.1) is 0 Å². The van der Waals surface area contributed by atoms with E-state index in [0.717, 1.165) is 11.1 Å². The number of carbonyl (C=O) groups is 2. The molecule has 1 unspecified atom stereocenters. The molecule has 1 aliphatic heterocycles. The van der Waals surface area contributed by atoms with Crippen LogP contribution in [0.1, 0.15) is 21.5 Å². The normalized spacial score (nSPS) is 15.1. The van der Waals surface area contributed by atoms with Crippen molar-refractivity contribution in [1.29, 1.82) is 0 Å². The van der Waals surface area contributed by atoms with Crippen LogP contribution in [0.5, 0.6) is 5.75 Å². The molecule has 0 saturated heterocycles. The predicted molar refractivity (Wildman–Crippen MR) is 128 cm³/mol. The second-order valence-corrected chi connectivity index (χ2v) is 9.85. The fraction of sp³-hybridized carbons (Fsp3) is 0.200. The minimum Gasteiger partial charge on any atom is -0.476 e. The molecule has 4 rings (SSSR count). The van der Waals surface area contributed by atoms with Gasteiger partial charge >= 0.3 is 5.97 Å². The lowest BCUT2D eigenvalue weighted by Crippen LogP contribution is -2.48. The number of rotatable bonds is 5. The van der Waals surface area contributed by atoms with Gasteiger partial charge in [-0.3, -0.25) is 9.10 Å². The van der Waals surface area contributed by atoms with Crippen LogP contribution in [0.25, 0.3) is 0 Å². The Labute approximate surface area is 198 Å². The SMILES string of the molecule is COC(=O)c1ccc(NC(=O)C2CN(S(=O)(=O)c3ccc(C)cc3)c3ccc(C)cc3O2)cc1. The molecular weight excluding hydrogens is 456 g/mol. The number of ether oxygens (including phenoxy) is 2. The average Bonchev–Trinajstić information content (AvgIpc) is 2.83. The van der Waals surface area contributed by atoms with Crippen molar-refractivity contribution in [3.63, 3.8) is 0 Å². The molecule has 0 bridgehead atoms. The van der Waals surface area contributed by atoms with Crippen LogP contribution in [-0.2, 0) is 19.6 Å². The van der Waals surface area contributed by atoms with Crippen molar-refractivity contribution in [3.8, 4) is 5.75 Å². The molecule has 3 aromatic rings. The van der Waals surface area contributed by atoms with E-state index in [0.29, 0.717) is 22.7 Å². The summed E-state index contributed by atoms with van der Waals surface area (Å²) in [6, 6.07) is 17.9. The smallest absolute Gasteiger partial charge is 0.337 e. The topological polar surface area (TPSA) is 102 Å². The van der Waals surface area contributed by atoms with Gasteiger partial charge in [-0.2, -0.15) is 0 Å². The van der Waals surface area contributed by atoms with E-state index in [1.807, 2.05) is 13.8 Å². The molecule has 0 radical (unpaired) electrons. The number of amides is 1. The number of aryl methyl sites for hydroxylation is 2. The van der Waals surface area contributed by atoms with Gasteiger partial charge in [0.25, 0.3) is 15.9 Å². The van der Waals surface area contributed by atoms with E-state index < -0.39 is 28.0 Å². The van der Waals surface area contributed by atoms with Crippen molar-refractivity contribution in [2.45, 2.75) is 24.8 Å². The first-order valence-electron chi connectivity index (χ1n) is 10.5. The molecule has 0 fully saturated rings. The van der Waals surface area contributed by atoms with Gasteiger partial charge in [0.05, 0.1) is 29.8 Å². The molecule has 1 N–H and O–H groups in total. The van der Waals surface area contributed by atoms with Crippen LogP contribution in [-0.4, -0.2) is 40.1 Å². The highest BCUT2D eigenvalue weighted by Crippen LogP contribution is 2.38. The van der Waals surface area contributed by atoms with Crippen molar-refractivity contribution >= 4 is 33.3 Å². The minimum atomic E-state index is -3.94. The third-order valence-electron chi connectivity index (χ3n) is 5.46. The van der Waals surface area contributed by atoms with E-state index in [4.69, 9.17) is 4.74 Å². The molecule has 1 aliphatic rings. The summed E-state index contributed by atoms with van der Waals surface area (Å²) >= 11 is 0. The fourth-order valence-corrected chi connectivity index (χ4v) is 5.07. The second-order valence-electron chi connectivity index (χ2n) is 7.99. The highest BCUT2D eigenvalue weighted by Gasteiger charge is 2.37. The Morgan fingerprint density at radius 1 is 0.971 bits per heavy atom. The van der Waals surface area contributed by atoms with E-state index >= 15 is 0 Å². The zero-order chi connectivity index (χ0) is 24.5. The first-order chi connectivity index (χ1) is 16.2. The molecule has 1 heterocycles. The summed E-state index contributed by atoms with van der Waals surface area (Å²) in [6.45, 7) is 3.54. The zero-order valence-electron chi connectivity index (χ0n) is 18.9. The molecule has 3 aromatic carbocycles. The lowest BCUT2D eigenvalue weighted by molar-refractivity contribution is -0.122. The Kier molecular flexibility index (Phi) is 6.30. The van der Waals surface area contributed by atoms with E-state index in [2.05, 4.69) is 10.1 Å². The van der Waals surface area contributed by atoms with Gasteiger partial charge in [0, 0.05) is 5.69 Å². The third kappa shape index (κ3) is 4.60. The maximum atomic E-state index is 13.5. The van der Waals surface area contributed by atoms with Crippen molar-refractivity contribution in [2.75, 3.05) is 23.3 Å². The number of carbonyl (C=O) groups excluding carboxylic acids is 2. The highest BCUT2D eigenvalue weighted by molar-refractivity contribution is 7.92. The van der Waals surface area contributed by atoms with Crippen molar-refractivity contribution < 1.29 is 27.5 Å². The van der Waals surface area contributed by atoms with Crippen LogP contribution in [0.3, 0.4) is 0 Å². The maximum Gasteiger partial charge on any atom is 0.337 e.